The van der Waals surface area contributed by atoms with Gasteiger partial charge in [-0.3, -0.25) is 4.79 Å². The van der Waals surface area contributed by atoms with Crippen LogP contribution < -0.4 is 0 Å². The smallest absolute Gasteiger partial charge is 0.339 e. The van der Waals surface area contributed by atoms with Crippen molar-refractivity contribution in [1.29, 1.82) is 0 Å². The van der Waals surface area contributed by atoms with E-state index < -0.39 is 17.0 Å². The van der Waals surface area contributed by atoms with E-state index in [1.807, 2.05) is 13.8 Å². The summed E-state index contributed by atoms with van der Waals surface area (Å²) in [5.41, 5.74) is -1.02. The molecule has 2 bridgehead atoms. The molecule has 0 aromatic rings. The second-order valence-electron chi connectivity index (χ2n) is 9.47. The molecule has 26 heavy (non-hydrogen) atoms. The lowest BCUT2D eigenvalue weighted by molar-refractivity contribution is -0.177. The van der Waals surface area contributed by atoms with E-state index in [9.17, 15) is 14.7 Å². The minimum absolute atomic E-state index is 0.0113. The third kappa shape index (κ3) is 1.92. The van der Waals surface area contributed by atoms with Crippen LogP contribution in [0.2, 0.25) is 0 Å². The number of allylic oxidation sites excluding steroid dienone is 2. The van der Waals surface area contributed by atoms with Crippen molar-refractivity contribution in [3.63, 3.8) is 0 Å². The van der Waals surface area contributed by atoms with Crippen molar-refractivity contribution in [1.82, 2.24) is 0 Å². The Morgan fingerprint density at radius 1 is 1.23 bits per heavy atom. The number of esters is 1. The number of carbonyl (C=O) groups excluding carboxylic acids is 2. The first-order chi connectivity index (χ1) is 12.1. The van der Waals surface area contributed by atoms with Gasteiger partial charge in [0.05, 0.1) is 18.1 Å². The second kappa shape index (κ2) is 5.14. The van der Waals surface area contributed by atoms with Crippen LogP contribution in [0.3, 0.4) is 0 Å². The zero-order valence-electron chi connectivity index (χ0n) is 16.3. The predicted octanol–water partition coefficient (Wildman–Crippen LogP) is 3.84. The summed E-state index contributed by atoms with van der Waals surface area (Å²) in [5, 5.41) is 11.0. The molecule has 1 heterocycles. The summed E-state index contributed by atoms with van der Waals surface area (Å²) in [6, 6.07) is 0. The molecule has 3 atom stereocenters. The lowest BCUT2D eigenvalue weighted by Gasteiger charge is -2.49. The maximum absolute atomic E-state index is 13.6. The summed E-state index contributed by atoms with van der Waals surface area (Å²) in [6.07, 6.45) is 3.84. The molecule has 4 rings (SSSR count). The predicted molar refractivity (Wildman–Crippen MR) is 95.1 cm³/mol. The minimum atomic E-state index is -1.00. The number of rotatable bonds is 2. The third-order valence-corrected chi connectivity index (χ3v) is 7.29. The molecule has 4 aliphatic rings. The number of carbonyl (C=O) groups is 2. The van der Waals surface area contributed by atoms with Gasteiger partial charge < -0.3 is 14.6 Å². The van der Waals surface area contributed by atoms with Gasteiger partial charge in [-0.15, -0.1) is 0 Å². The highest BCUT2D eigenvalue weighted by molar-refractivity contribution is 6.11. The van der Waals surface area contributed by atoms with Crippen LogP contribution in [0.5, 0.6) is 0 Å². The highest BCUT2D eigenvalue weighted by atomic mass is 16.6. The van der Waals surface area contributed by atoms with Crippen LogP contribution in [0.4, 0.5) is 0 Å². The number of aliphatic hydroxyl groups excluding tert-OH is 1. The first kappa shape index (κ1) is 17.6. The second-order valence-corrected chi connectivity index (χ2v) is 9.47. The van der Waals surface area contributed by atoms with Crippen LogP contribution in [0.15, 0.2) is 22.7 Å². The molecule has 1 saturated heterocycles. The summed E-state index contributed by atoms with van der Waals surface area (Å²) < 4.78 is 11.5. The van der Waals surface area contributed by atoms with Gasteiger partial charge in [0.25, 0.3) is 0 Å². The van der Waals surface area contributed by atoms with Crippen LogP contribution in [0.25, 0.3) is 0 Å². The summed E-state index contributed by atoms with van der Waals surface area (Å²) in [4.78, 5) is 26.6. The van der Waals surface area contributed by atoms with Gasteiger partial charge in [-0.05, 0) is 37.0 Å². The highest BCUT2D eigenvalue weighted by Gasteiger charge is 2.71. The molecule has 0 aromatic heterocycles. The molecule has 0 amide bonds. The van der Waals surface area contributed by atoms with Gasteiger partial charge in [0.2, 0.25) is 5.78 Å². The summed E-state index contributed by atoms with van der Waals surface area (Å²) in [7, 11) is 1.47. The Morgan fingerprint density at radius 3 is 2.54 bits per heavy atom. The Morgan fingerprint density at radius 2 is 1.92 bits per heavy atom. The van der Waals surface area contributed by atoms with Crippen molar-refractivity contribution in [3.05, 3.63) is 22.7 Å². The van der Waals surface area contributed by atoms with Gasteiger partial charge in [-0.25, -0.2) is 4.79 Å². The van der Waals surface area contributed by atoms with Crippen LogP contribution in [0, 0.1) is 22.7 Å². The summed E-state index contributed by atoms with van der Waals surface area (Å²) in [6.45, 7) is 8.16. The van der Waals surface area contributed by atoms with E-state index in [2.05, 4.69) is 13.8 Å². The van der Waals surface area contributed by atoms with E-state index in [1.54, 1.807) is 0 Å². The maximum atomic E-state index is 13.6. The van der Waals surface area contributed by atoms with Crippen LogP contribution in [0.1, 0.15) is 59.8 Å². The molecule has 1 N–H and O–H groups in total. The number of aliphatic hydroxyl groups is 1. The molecule has 1 aliphatic heterocycles. The fourth-order valence-corrected chi connectivity index (χ4v) is 6.22. The molecular weight excluding hydrogens is 332 g/mol. The Kier molecular flexibility index (Phi) is 3.49. The third-order valence-electron chi connectivity index (χ3n) is 7.29. The Hall–Kier alpha value is -1.78. The molecular formula is C21H28O5. The molecule has 3 fully saturated rings. The molecule has 5 heteroatoms. The average Bonchev–Trinajstić information content (AvgIpc) is 2.81. The lowest BCUT2D eigenvalue weighted by Crippen LogP contribution is -2.52. The first-order valence-corrected chi connectivity index (χ1v) is 9.60. The van der Waals surface area contributed by atoms with E-state index >= 15 is 0 Å². The van der Waals surface area contributed by atoms with Crippen molar-refractivity contribution in [3.8, 4) is 0 Å². The fraction of sp³-hybridized carbons (Fsp3) is 0.714. The lowest BCUT2D eigenvalue weighted by atomic mass is 9.63. The van der Waals surface area contributed by atoms with E-state index in [-0.39, 0.29) is 40.1 Å². The Bertz CT molecular complexity index is 771. The number of ketones is 1. The number of hydrogen-bond acceptors (Lipinski definition) is 5. The molecule has 3 unspecified atom stereocenters. The normalized spacial score (nSPS) is 38.3. The van der Waals surface area contributed by atoms with E-state index in [1.165, 1.54) is 7.11 Å². The molecule has 2 saturated carbocycles. The van der Waals surface area contributed by atoms with Crippen LogP contribution in [-0.2, 0) is 19.1 Å². The maximum Gasteiger partial charge on any atom is 0.339 e. The zero-order valence-corrected chi connectivity index (χ0v) is 16.3. The monoisotopic (exact) mass is 360 g/mol. The molecule has 0 radical (unpaired) electrons. The fourth-order valence-electron chi connectivity index (χ4n) is 6.22. The number of ether oxygens (including phenoxy) is 2. The van der Waals surface area contributed by atoms with Gasteiger partial charge in [0.15, 0.2) is 5.76 Å². The van der Waals surface area contributed by atoms with Gasteiger partial charge >= 0.3 is 5.97 Å². The molecule has 142 valence electrons. The minimum Gasteiger partial charge on any atom is -0.507 e. The summed E-state index contributed by atoms with van der Waals surface area (Å²) >= 11 is 0. The quantitative estimate of drug-likeness (QED) is 0.758. The Labute approximate surface area is 154 Å². The van der Waals surface area contributed by atoms with Crippen molar-refractivity contribution < 1.29 is 24.2 Å². The SMILES string of the molecule is COC1=C(C(C)C)C(O)=C2C(=O)OC34CCCC(C)(C)C3CC2(C4)C1=O. The van der Waals surface area contributed by atoms with E-state index in [0.717, 1.165) is 19.3 Å². The van der Waals surface area contributed by atoms with Crippen LogP contribution >= 0.6 is 0 Å². The molecule has 0 aromatic carbocycles. The largest absolute Gasteiger partial charge is 0.507 e. The van der Waals surface area contributed by atoms with Gasteiger partial charge in [0, 0.05) is 17.9 Å². The summed E-state index contributed by atoms with van der Waals surface area (Å²) in [5.74, 6) is -0.591. The first-order valence-electron chi connectivity index (χ1n) is 9.60. The highest BCUT2D eigenvalue weighted by Crippen LogP contribution is 2.68. The standard InChI is InChI=1S/C21H28O5/c1-11(2)13-15(22)14-18(24)26-21-8-6-7-19(3,4)12(21)9-20(14,10-21)17(23)16(13)25-5/h11-12,22H,6-10H2,1-5H3. The van der Waals surface area contributed by atoms with Crippen molar-refractivity contribution in [2.24, 2.45) is 22.7 Å². The molecule has 3 aliphatic carbocycles. The van der Waals surface area contributed by atoms with Crippen molar-refractivity contribution >= 4 is 11.8 Å². The topological polar surface area (TPSA) is 72.8 Å². The van der Waals surface area contributed by atoms with E-state index in [0.29, 0.717) is 18.4 Å². The number of methoxy groups -OCH3 is 1. The van der Waals surface area contributed by atoms with E-state index in [4.69, 9.17) is 9.47 Å². The molecule has 2 spiro atoms. The molecule has 5 nitrogen and oxygen atoms in total. The van der Waals surface area contributed by atoms with Gasteiger partial charge in [0.1, 0.15) is 11.4 Å². The average molecular weight is 360 g/mol. The van der Waals surface area contributed by atoms with Crippen molar-refractivity contribution in [2.45, 2.75) is 65.4 Å². The van der Waals surface area contributed by atoms with Crippen molar-refractivity contribution in [2.75, 3.05) is 7.11 Å². The zero-order chi connectivity index (χ0) is 19.1. The van der Waals surface area contributed by atoms with Gasteiger partial charge in [-0.1, -0.05) is 27.7 Å². The number of hydrogen-bond donors (Lipinski definition) is 1. The number of Topliss-reactive ketones (excluding diaryl/α,β-unsaturated/α-hetero) is 1. The Balaban J connectivity index is 1.95. The van der Waals surface area contributed by atoms with Crippen LogP contribution in [-0.4, -0.2) is 29.6 Å². The van der Waals surface area contributed by atoms with Gasteiger partial charge in [-0.2, -0.15) is 0 Å².